The van der Waals surface area contributed by atoms with Gasteiger partial charge >= 0.3 is 0 Å². The van der Waals surface area contributed by atoms with Crippen molar-refractivity contribution in [3.05, 3.63) is 81.1 Å². The summed E-state index contributed by atoms with van der Waals surface area (Å²) in [6, 6.07) is 16.6. The number of thiocarbonyl (C=S) groups is 1. The molecular weight excluding hydrogens is 428 g/mol. The van der Waals surface area contributed by atoms with Crippen molar-refractivity contribution in [1.82, 2.24) is 20.1 Å². The Morgan fingerprint density at radius 1 is 1.00 bits per heavy atom. The Labute approximate surface area is 202 Å². The summed E-state index contributed by atoms with van der Waals surface area (Å²) in [4.78, 5) is 20.4. The van der Waals surface area contributed by atoms with Gasteiger partial charge in [0.05, 0.1) is 6.54 Å². The number of hydrogen-bond donors (Lipinski definition) is 2. The third kappa shape index (κ3) is 6.89. The second kappa shape index (κ2) is 12.0. The van der Waals surface area contributed by atoms with Crippen LogP contribution in [0, 0.1) is 13.8 Å². The molecule has 3 rings (SSSR count). The van der Waals surface area contributed by atoms with E-state index in [1.165, 1.54) is 16.7 Å². The van der Waals surface area contributed by atoms with E-state index in [0.717, 1.165) is 55.6 Å². The van der Waals surface area contributed by atoms with Crippen LogP contribution < -0.4 is 10.9 Å². The minimum absolute atomic E-state index is 0.0503. The largest absolute Gasteiger partial charge is 0.362 e. The highest BCUT2D eigenvalue weighted by Gasteiger charge is 2.15. The molecule has 2 N–H and O–H groups in total. The molecule has 0 saturated heterocycles. The van der Waals surface area contributed by atoms with Gasteiger partial charge in [-0.15, -0.1) is 0 Å². The van der Waals surface area contributed by atoms with Gasteiger partial charge in [-0.05, 0) is 85.9 Å². The number of aromatic nitrogens is 1. The quantitative estimate of drug-likeness (QED) is 0.436. The molecule has 0 unspecified atom stereocenters. The number of likely N-dealkylation sites (N-methyl/N-ethyl adjacent to an activating group) is 1. The van der Waals surface area contributed by atoms with E-state index in [2.05, 4.69) is 78.1 Å². The molecule has 33 heavy (non-hydrogen) atoms. The first kappa shape index (κ1) is 24.9. The highest BCUT2D eigenvalue weighted by atomic mass is 32.1. The van der Waals surface area contributed by atoms with Crippen molar-refractivity contribution in [2.45, 2.75) is 40.7 Å². The molecule has 0 atom stereocenters. The van der Waals surface area contributed by atoms with Crippen LogP contribution in [-0.4, -0.2) is 52.6 Å². The van der Waals surface area contributed by atoms with Crippen molar-refractivity contribution >= 4 is 28.2 Å². The minimum Gasteiger partial charge on any atom is -0.362 e. The van der Waals surface area contributed by atoms with Crippen LogP contribution in [0.5, 0.6) is 0 Å². The number of aryl methyl sites for hydroxylation is 2. The molecule has 5 nitrogen and oxygen atoms in total. The van der Waals surface area contributed by atoms with Gasteiger partial charge in [-0.2, -0.15) is 0 Å². The molecule has 0 fully saturated rings. The molecule has 0 spiro atoms. The topological polar surface area (TPSA) is 51.4 Å². The van der Waals surface area contributed by atoms with Crippen LogP contribution in [0.1, 0.15) is 36.1 Å². The van der Waals surface area contributed by atoms with Crippen molar-refractivity contribution in [2.75, 3.05) is 32.7 Å². The Bertz CT molecular complexity index is 1120. The van der Waals surface area contributed by atoms with Crippen LogP contribution in [0.4, 0.5) is 0 Å². The summed E-state index contributed by atoms with van der Waals surface area (Å²) in [6.07, 6.45) is 0.903. The zero-order valence-corrected chi connectivity index (χ0v) is 21.1. The highest BCUT2D eigenvalue weighted by Crippen LogP contribution is 2.18. The third-order valence-corrected chi connectivity index (χ3v) is 6.70. The van der Waals surface area contributed by atoms with Crippen LogP contribution in [0.2, 0.25) is 0 Å². The number of nitrogens with one attached hydrogen (secondary N) is 2. The van der Waals surface area contributed by atoms with Gasteiger partial charge in [0.25, 0.3) is 5.56 Å². The molecule has 176 valence electrons. The van der Waals surface area contributed by atoms with E-state index < -0.39 is 0 Å². The summed E-state index contributed by atoms with van der Waals surface area (Å²) in [5, 5.41) is 5.16. The zero-order valence-electron chi connectivity index (χ0n) is 20.3. The second-order valence-electron chi connectivity index (χ2n) is 8.56. The smallest absolute Gasteiger partial charge is 0.253 e. The van der Waals surface area contributed by atoms with E-state index in [1.807, 2.05) is 18.2 Å². The van der Waals surface area contributed by atoms with Crippen LogP contribution in [-0.2, 0) is 13.0 Å². The SMILES string of the molecule is CCN(CC)CCN(Cc1cc2cc(C)c(C)cc2[nH]c1=O)C(=S)NCCc1ccccc1. The van der Waals surface area contributed by atoms with Gasteiger partial charge in [0.15, 0.2) is 5.11 Å². The number of aromatic amines is 1. The molecule has 6 heteroatoms. The molecule has 0 amide bonds. The molecule has 3 aromatic rings. The van der Waals surface area contributed by atoms with Crippen molar-refractivity contribution in [3.63, 3.8) is 0 Å². The third-order valence-electron chi connectivity index (χ3n) is 6.30. The van der Waals surface area contributed by atoms with E-state index in [0.29, 0.717) is 11.7 Å². The number of benzene rings is 2. The molecular formula is C27H36N4OS. The average molecular weight is 465 g/mol. The second-order valence-corrected chi connectivity index (χ2v) is 8.95. The van der Waals surface area contributed by atoms with Crippen molar-refractivity contribution in [1.29, 1.82) is 0 Å². The fourth-order valence-corrected chi connectivity index (χ4v) is 4.23. The fourth-order valence-electron chi connectivity index (χ4n) is 3.97. The molecule has 0 aliphatic heterocycles. The fraction of sp³-hybridized carbons (Fsp3) is 0.407. The Morgan fingerprint density at radius 3 is 2.39 bits per heavy atom. The van der Waals surface area contributed by atoms with Crippen LogP contribution in [0.25, 0.3) is 10.9 Å². The van der Waals surface area contributed by atoms with Gasteiger partial charge < -0.3 is 20.1 Å². The molecule has 2 aromatic carbocycles. The van der Waals surface area contributed by atoms with Gasteiger partial charge in [0, 0.05) is 30.7 Å². The maximum Gasteiger partial charge on any atom is 0.253 e. The Morgan fingerprint density at radius 2 is 1.70 bits per heavy atom. The van der Waals surface area contributed by atoms with Crippen molar-refractivity contribution < 1.29 is 0 Å². The van der Waals surface area contributed by atoms with Crippen LogP contribution in [0.3, 0.4) is 0 Å². The van der Waals surface area contributed by atoms with Gasteiger partial charge in [-0.3, -0.25) is 4.79 Å². The molecule has 0 radical (unpaired) electrons. The molecule has 0 bridgehead atoms. The van der Waals surface area contributed by atoms with Crippen LogP contribution in [0.15, 0.2) is 53.3 Å². The number of fused-ring (bicyclic) bond motifs is 1. The molecule has 1 aromatic heterocycles. The standard InChI is InChI=1S/C27H36N4OS/c1-5-30(6-2)14-15-31(27(33)28-13-12-22-10-8-7-9-11-22)19-24-18-23-16-20(3)21(4)17-25(23)29-26(24)32/h7-11,16-18H,5-6,12-15,19H2,1-4H3,(H,28,33)(H,29,32). The monoisotopic (exact) mass is 464 g/mol. The summed E-state index contributed by atoms with van der Waals surface area (Å²) in [6.45, 7) is 13.4. The normalized spacial score (nSPS) is 11.2. The Balaban J connectivity index is 1.76. The number of nitrogens with zero attached hydrogens (tertiary/aromatic N) is 2. The lowest BCUT2D eigenvalue weighted by Crippen LogP contribution is -2.44. The average Bonchev–Trinajstić information content (AvgIpc) is 2.81. The first-order valence-corrected chi connectivity index (χ1v) is 12.2. The van der Waals surface area contributed by atoms with Gasteiger partial charge in [0.2, 0.25) is 0 Å². The molecule has 1 heterocycles. The molecule has 0 aliphatic carbocycles. The summed E-state index contributed by atoms with van der Waals surface area (Å²) in [7, 11) is 0. The predicted molar refractivity (Wildman–Crippen MR) is 143 cm³/mol. The maximum absolute atomic E-state index is 12.9. The van der Waals surface area contributed by atoms with Crippen molar-refractivity contribution in [2.24, 2.45) is 0 Å². The summed E-state index contributed by atoms with van der Waals surface area (Å²) < 4.78 is 0. The first-order chi connectivity index (χ1) is 15.9. The number of H-pyrrole nitrogens is 1. The van der Waals surface area contributed by atoms with E-state index >= 15 is 0 Å². The summed E-state index contributed by atoms with van der Waals surface area (Å²) in [5.74, 6) is 0. The van der Waals surface area contributed by atoms with Gasteiger partial charge in [-0.1, -0.05) is 44.2 Å². The Hall–Kier alpha value is -2.70. The van der Waals surface area contributed by atoms with E-state index in [9.17, 15) is 4.79 Å². The van der Waals surface area contributed by atoms with Crippen LogP contribution >= 0.6 is 12.2 Å². The van der Waals surface area contributed by atoms with Gasteiger partial charge in [-0.25, -0.2) is 0 Å². The number of rotatable bonds is 10. The number of hydrogen-bond acceptors (Lipinski definition) is 3. The van der Waals surface area contributed by atoms with E-state index in [1.54, 1.807) is 0 Å². The summed E-state index contributed by atoms with van der Waals surface area (Å²) in [5.41, 5.74) is 5.24. The molecule has 0 saturated carbocycles. The highest BCUT2D eigenvalue weighted by molar-refractivity contribution is 7.80. The van der Waals surface area contributed by atoms with Crippen molar-refractivity contribution in [3.8, 4) is 0 Å². The molecule has 0 aliphatic rings. The minimum atomic E-state index is -0.0503. The van der Waals surface area contributed by atoms with E-state index in [-0.39, 0.29) is 5.56 Å². The zero-order chi connectivity index (χ0) is 23.8. The predicted octanol–water partition coefficient (Wildman–Crippen LogP) is 4.41. The lowest BCUT2D eigenvalue weighted by Gasteiger charge is -2.29. The lowest BCUT2D eigenvalue weighted by molar-refractivity contribution is 0.263. The Kier molecular flexibility index (Phi) is 9.03. The maximum atomic E-state index is 12.9. The van der Waals surface area contributed by atoms with Gasteiger partial charge in [0.1, 0.15) is 0 Å². The van der Waals surface area contributed by atoms with E-state index in [4.69, 9.17) is 12.2 Å². The lowest BCUT2D eigenvalue weighted by atomic mass is 10.0. The summed E-state index contributed by atoms with van der Waals surface area (Å²) >= 11 is 5.78. The number of pyridine rings is 1. The first-order valence-electron chi connectivity index (χ1n) is 11.8.